The lowest BCUT2D eigenvalue weighted by atomic mass is 10.2. The Balaban J connectivity index is 1.88. The quantitative estimate of drug-likeness (QED) is 0.673. The highest BCUT2D eigenvalue weighted by molar-refractivity contribution is 7.93. The largest absolute Gasteiger partial charge is 0.471 e. The highest BCUT2D eigenvalue weighted by Gasteiger charge is 2.38. The van der Waals surface area contributed by atoms with Gasteiger partial charge in [0, 0.05) is 22.9 Å². The first-order valence-corrected chi connectivity index (χ1v) is 9.28. The molecule has 2 heterocycles. The van der Waals surface area contributed by atoms with Gasteiger partial charge in [0.05, 0.1) is 9.73 Å². The Hall–Kier alpha value is -3.08. The molecule has 3 aromatic rings. The van der Waals surface area contributed by atoms with Crippen LogP contribution in [0.1, 0.15) is 16.4 Å². The number of benzene rings is 1. The minimum atomic E-state index is -4.74. The summed E-state index contributed by atoms with van der Waals surface area (Å²) in [6, 6.07) is 10.1. The first-order valence-electron chi connectivity index (χ1n) is 7.36. The van der Waals surface area contributed by atoms with Gasteiger partial charge in [-0.1, -0.05) is 11.2 Å². The topological polar surface area (TPSA) is 98.3 Å². The van der Waals surface area contributed by atoms with E-state index in [1.54, 1.807) is 12.1 Å². The van der Waals surface area contributed by atoms with Gasteiger partial charge in [0.2, 0.25) is 5.82 Å². The van der Waals surface area contributed by atoms with E-state index in [2.05, 4.69) is 24.0 Å². The van der Waals surface area contributed by atoms with Crippen LogP contribution in [0, 0.1) is 0 Å². The van der Waals surface area contributed by atoms with Crippen molar-refractivity contribution in [2.75, 3.05) is 6.26 Å². The molecule has 1 atom stereocenters. The Bertz CT molecular complexity index is 1090. The fourth-order valence-electron chi connectivity index (χ4n) is 2.06. The third-order valence-electron chi connectivity index (χ3n) is 3.36. The molecule has 1 unspecified atom stereocenters. The number of alkyl halides is 3. The van der Waals surface area contributed by atoms with E-state index in [1.165, 1.54) is 42.8 Å². The molecule has 0 aliphatic heterocycles. The van der Waals surface area contributed by atoms with E-state index in [0.717, 1.165) is 0 Å². The molecule has 2 aromatic heterocycles. The number of pyridine rings is 1. The normalized spacial score (nSPS) is 13.8. The molecule has 1 aromatic carbocycles. The fraction of sp³-hybridized carbons (Fsp3) is 0.125. The highest BCUT2D eigenvalue weighted by atomic mass is 32.2. The van der Waals surface area contributed by atoms with E-state index in [1.807, 2.05) is 0 Å². The zero-order chi connectivity index (χ0) is 19.7. The number of halogens is 3. The standard InChI is InChI=1S/C16H11F3N4O3S/c1-27(25,23-14(24)12-4-2-3-9-20-12)11-7-5-10(6-8-11)13-21-15(26-22-13)16(17,18)19/h2-9H,1H3. The Morgan fingerprint density at radius 1 is 1.15 bits per heavy atom. The molecule has 140 valence electrons. The van der Waals surface area contributed by atoms with E-state index >= 15 is 0 Å². The first-order chi connectivity index (χ1) is 12.7. The summed E-state index contributed by atoms with van der Waals surface area (Å²) in [5.41, 5.74) is 0.277. The van der Waals surface area contributed by atoms with Gasteiger partial charge in [-0.3, -0.25) is 9.78 Å². The van der Waals surface area contributed by atoms with E-state index in [4.69, 9.17) is 0 Å². The van der Waals surface area contributed by atoms with Gasteiger partial charge >= 0.3 is 18.0 Å². The van der Waals surface area contributed by atoms with Gasteiger partial charge in [-0.25, -0.2) is 4.21 Å². The molecule has 7 nitrogen and oxygen atoms in total. The molecule has 0 spiro atoms. The van der Waals surface area contributed by atoms with Gasteiger partial charge in [-0.15, -0.1) is 0 Å². The van der Waals surface area contributed by atoms with Crippen molar-refractivity contribution in [3.05, 3.63) is 60.2 Å². The molecule has 0 saturated heterocycles. The predicted molar refractivity (Wildman–Crippen MR) is 88.1 cm³/mol. The Morgan fingerprint density at radius 3 is 2.41 bits per heavy atom. The van der Waals surface area contributed by atoms with Crippen LogP contribution < -0.4 is 0 Å². The maximum absolute atomic E-state index is 12.7. The van der Waals surface area contributed by atoms with E-state index in [-0.39, 0.29) is 22.0 Å². The van der Waals surface area contributed by atoms with E-state index in [0.29, 0.717) is 0 Å². The number of nitrogens with zero attached hydrogens (tertiary/aromatic N) is 4. The molecule has 0 aliphatic carbocycles. The van der Waals surface area contributed by atoms with E-state index in [9.17, 15) is 22.2 Å². The van der Waals surface area contributed by atoms with Gasteiger partial charge in [0.1, 0.15) is 5.69 Å². The Labute approximate surface area is 151 Å². The minimum absolute atomic E-state index is 0.0511. The van der Waals surface area contributed by atoms with Gasteiger partial charge in [0.25, 0.3) is 0 Å². The number of hydrogen-bond donors (Lipinski definition) is 0. The lowest BCUT2D eigenvalue weighted by Crippen LogP contribution is -2.05. The number of aromatic nitrogens is 3. The van der Waals surface area contributed by atoms with Crippen LogP contribution in [0.25, 0.3) is 11.4 Å². The summed E-state index contributed by atoms with van der Waals surface area (Å²) in [6.45, 7) is 0. The van der Waals surface area contributed by atoms with Crippen LogP contribution in [0.3, 0.4) is 0 Å². The SMILES string of the molecule is CS(=O)(=NC(=O)c1ccccn1)c1ccc(-c2noc(C(F)(F)F)n2)cc1. The molecule has 1 amide bonds. The molecule has 0 radical (unpaired) electrons. The van der Waals surface area contributed by atoms with Crippen LogP contribution in [0.5, 0.6) is 0 Å². The van der Waals surface area contributed by atoms with Crippen molar-refractivity contribution >= 4 is 15.6 Å². The van der Waals surface area contributed by atoms with Gasteiger partial charge in [-0.05, 0) is 36.4 Å². The lowest BCUT2D eigenvalue weighted by Gasteiger charge is -2.04. The highest BCUT2D eigenvalue weighted by Crippen LogP contribution is 2.29. The van der Waals surface area contributed by atoms with Crippen LogP contribution >= 0.6 is 0 Å². The third kappa shape index (κ3) is 4.19. The van der Waals surface area contributed by atoms with Crippen molar-refractivity contribution in [1.29, 1.82) is 0 Å². The molecule has 11 heteroatoms. The molecule has 0 N–H and O–H groups in total. The average Bonchev–Trinajstić information content (AvgIpc) is 3.13. The minimum Gasteiger partial charge on any atom is -0.329 e. The second-order valence-electron chi connectivity index (χ2n) is 5.36. The van der Waals surface area contributed by atoms with E-state index < -0.39 is 27.7 Å². The number of hydrogen-bond acceptors (Lipinski definition) is 6. The first kappa shape index (κ1) is 18.7. The number of amides is 1. The summed E-state index contributed by atoms with van der Waals surface area (Å²) >= 11 is 0. The van der Waals surface area contributed by atoms with Crippen molar-refractivity contribution in [3.8, 4) is 11.4 Å². The predicted octanol–water partition coefficient (Wildman–Crippen LogP) is 3.45. The summed E-state index contributed by atoms with van der Waals surface area (Å²) in [5, 5.41) is 3.27. The monoisotopic (exact) mass is 396 g/mol. The summed E-state index contributed by atoms with van der Waals surface area (Å²) < 4.78 is 58.2. The molecule has 0 aliphatic rings. The molecule has 0 fully saturated rings. The maximum atomic E-state index is 12.7. The molecular weight excluding hydrogens is 385 g/mol. The van der Waals surface area contributed by atoms with Crippen LogP contribution in [0.4, 0.5) is 13.2 Å². The van der Waals surface area contributed by atoms with Crippen molar-refractivity contribution in [3.63, 3.8) is 0 Å². The molecule has 27 heavy (non-hydrogen) atoms. The third-order valence-corrected chi connectivity index (χ3v) is 5.02. The lowest BCUT2D eigenvalue weighted by molar-refractivity contribution is -0.159. The molecule has 3 rings (SSSR count). The second-order valence-corrected chi connectivity index (χ2v) is 7.62. The van der Waals surface area contributed by atoms with Crippen LogP contribution in [0.2, 0.25) is 0 Å². The van der Waals surface area contributed by atoms with Gasteiger partial charge in [-0.2, -0.15) is 22.5 Å². The second kappa shape index (κ2) is 6.91. The Morgan fingerprint density at radius 2 is 1.85 bits per heavy atom. The fourth-order valence-corrected chi connectivity index (χ4v) is 3.22. The Kier molecular flexibility index (Phi) is 4.79. The van der Waals surface area contributed by atoms with Crippen LogP contribution in [0.15, 0.2) is 62.4 Å². The zero-order valence-electron chi connectivity index (χ0n) is 13.7. The van der Waals surface area contributed by atoms with Crippen molar-refractivity contribution in [2.45, 2.75) is 11.1 Å². The van der Waals surface area contributed by atoms with Crippen molar-refractivity contribution in [2.24, 2.45) is 4.36 Å². The summed E-state index contributed by atoms with van der Waals surface area (Å²) in [6.07, 6.45) is -2.05. The van der Waals surface area contributed by atoms with Gasteiger partial charge in [0.15, 0.2) is 0 Å². The number of rotatable bonds is 3. The van der Waals surface area contributed by atoms with Crippen molar-refractivity contribution < 1.29 is 26.7 Å². The number of carbonyl (C=O) groups excluding carboxylic acids is 1. The zero-order valence-corrected chi connectivity index (χ0v) is 14.5. The smallest absolute Gasteiger partial charge is 0.329 e. The number of carbonyl (C=O) groups is 1. The molecular formula is C16H11F3N4O3S. The van der Waals surface area contributed by atoms with Crippen molar-refractivity contribution in [1.82, 2.24) is 15.1 Å². The van der Waals surface area contributed by atoms with Crippen LogP contribution in [-0.2, 0) is 15.9 Å². The average molecular weight is 396 g/mol. The maximum Gasteiger partial charge on any atom is 0.471 e. The summed E-state index contributed by atoms with van der Waals surface area (Å²) in [7, 11) is -3.08. The summed E-state index contributed by atoms with van der Waals surface area (Å²) in [4.78, 5) is 19.4. The van der Waals surface area contributed by atoms with Crippen LogP contribution in [-0.4, -0.2) is 31.5 Å². The molecule has 0 saturated carbocycles. The molecule has 0 bridgehead atoms. The summed E-state index contributed by atoms with van der Waals surface area (Å²) in [5.74, 6) is -2.46. The van der Waals surface area contributed by atoms with Gasteiger partial charge < -0.3 is 4.52 Å².